The fourth-order valence-electron chi connectivity index (χ4n) is 3.35. The number of rotatable bonds is 5. The summed E-state index contributed by atoms with van der Waals surface area (Å²) >= 11 is 0. The lowest BCUT2D eigenvalue weighted by atomic mass is 9.85. The highest BCUT2D eigenvalue weighted by molar-refractivity contribution is 6.05. The number of carbonyl (C=O) groups excluding carboxylic acids is 3. The summed E-state index contributed by atoms with van der Waals surface area (Å²) < 4.78 is 0. The number of benzene rings is 1. The minimum Gasteiger partial charge on any atom is -0.326 e. The Hall–Kier alpha value is -2.43. The number of carbonyl (C=O) groups is 3. The van der Waals surface area contributed by atoms with Crippen molar-refractivity contribution in [3.63, 3.8) is 0 Å². The van der Waals surface area contributed by atoms with Crippen LogP contribution in [0, 0.1) is 11.8 Å². The molecule has 5 nitrogen and oxygen atoms in total. The number of hydrogen-bond donors (Lipinski definition) is 1. The van der Waals surface area contributed by atoms with Gasteiger partial charge >= 0.3 is 0 Å². The van der Waals surface area contributed by atoms with Gasteiger partial charge < -0.3 is 5.32 Å². The maximum Gasteiger partial charge on any atom is 0.233 e. The van der Waals surface area contributed by atoms with Crippen molar-refractivity contribution < 1.29 is 14.4 Å². The Balaban J connectivity index is 1.54. The molecule has 1 aliphatic carbocycles. The number of anilines is 1. The Bertz CT molecular complexity index is 652. The van der Waals surface area contributed by atoms with Crippen molar-refractivity contribution in [2.24, 2.45) is 11.8 Å². The number of likely N-dealkylation sites (tertiary alicyclic amines) is 1. The summed E-state index contributed by atoms with van der Waals surface area (Å²) in [5.41, 5.74) is 1.94. The molecule has 5 heteroatoms. The molecular formula is C19H22N2O3. The Morgan fingerprint density at radius 2 is 1.67 bits per heavy atom. The predicted molar refractivity (Wildman–Crippen MR) is 91.1 cm³/mol. The van der Waals surface area contributed by atoms with E-state index in [1.807, 2.05) is 36.4 Å². The second kappa shape index (κ2) is 6.99. The number of nitrogens with one attached hydrogen (secondary N) is 1. The average molecular weight is 326 g/mol. The van der Waals surface area contributed by atoms with E-state index >= 15 is 0 Å². The first-order valence-electron chi connectivity index (χ1n) is 8.49. The Morgan fingerprint density at radius 3 is 2.21 bits per heavy atom. The lowest BCUT2D eigenvalue weighted by Crippen LogP contribution is -2.34. The molecule has 3 amide bonds. The van der Waals surface area contributed by atoms with E-state index in [-0.39, 0.29) is 42.5 Å². The summed E-state index contributed by atoms with van der Waals surface area (Å²) in [6.07, 6.45) is 6.25. The molecule has 0 aromatic heterocycles. The molecule has 1 aromatic rings. The van der Waals surface area contributed by atoms with Gasteiger partial charge in [0.05, 0.1) is 11.8 Å². The molecule has 1 fully saturated rings. The van der Waals surface area contributed by atoms with Crippen LogP contribution in [0.4, 0.5) is 5.69 Å². The number of allylic oxidation sites excluding steroid dienone is 2. The van der Waals surface area contributed by atoms with Crippen LogP contribution in [0.5, 0.6) is 0 Å². The van der Waals surface area contributed by atoms with Crippen LogP contribution in [0.3, 0.4) is 0 Å². The van der Waals surface area contributed by atoms with Gasteiger partial charge in [-0.3, -0.25) is 19.3 Å². The summed E-state index contributed by atoms with van der Waals surface area (Å²) in [5.74, 6) is -0.906. The fourth-order valence-corrected chi connectivity index (χ4v) is 3.35. The topological polar surface area (TPSA) is 66.5 Å². The van der Waals surface area contributed by atoms with Crippen molar-refractivity contribution in [2.75, 3.05) is 11.9 Å². The van der Waals surface area contributed by atoms with Crippen LogP contribution < -0.4 is 5.32 Å². The molecule has 0 unspecified atom stereocenters. The minimum absolute atomic E-state index is 0.125. The zero-order chi connectivity index (χ0) is 17.1. The molecule has 0 saturated carbocycles. The highest BCUT2D eigenvalue weighted by Gasteiger charge is 2.46. The summed E-state index contributed by atoms with van der Waals surface area (Å²) in [6, 6.07) is 7.67. The molecule has 1 saturated heterocycles. The Kier molecular flexibility index (Phi) is 4.79. The SMILES string of the molecule is CCc1ccc(NC(=O)CCN2C(=O)[C@H]3CC=CC[C@H]3C2=O)cc1. The summed E-state index contributed by atoms with van der Waals surface area (Å²) in [5, 5.41) is 2.81. The molecule has 1 N–H and O–H groups in total. The molecule has 24 heavy (non-hydrogen) atoms. The molecule has 3 rings (SSSR count). The van der Waals surface area contributed by atoms with Crippen molar-refractivity contribution in [2.45, 2.75) is 32.6 Å². The summed E-state index contributed by atoms with van der Waals surface area (Å²) in [7, 11) is 0. The van der Waals surface area contributed by atoms with Gasteiger partial charge in [-0.15, -0.1) is 0 Å². The molecule has 0 spiro atoms. The third-order valence-corrected chi connectivity index (χ3v) is 4.81. The first-order chi connectivity index (χ1) is 11.6. The largest absolute Gasteiger partial charge is 0.326 e. The molecular weight excluding hydrogens is 304 g/mol. The van der Waals surface area contributed by atoms with Crippen LogP contribution in [0.1, 0.15) is 31.7 Å². The van der Waals surface area contributed by atoms with Gasteiger partial charge in [0.25, 0.3) is 0 Å². The molecule has 0 radical (unpaired) electrons. The smallest absolute Gasteiger partial charge is 0.233 e. The van der Waals surface area contributed by atoms with E-state index < -0.39 is 0 Å². The molecule has 1 aliphatic heterocycles. The third kappa shape index (κ3) is 3.25. The van der Waals surface area contributed by atoms with Crippen molar-refractivity contribution in [3.05, 3.63) is 42.0 Å². The normalized spacial score (nSPS) is 22.6. The second-order valence-corrected chi connectivity index (χ2v) is 6.33. The monoisotopic (exact) mass is 326 g/mol. The third-order valence-electron chi connectivity index (χ3n) is 4.81. The number of hydrogen-bond acceptors (Lipinski definition) is 3. The van der Waals surface area contributed by atoms with Gasteiger partial charge in [0.2, 0.25) is 17.7 Å². The van der Waals surface area contributed by atoms with Crippen molar-refractivity contribution in [1.29, 1.82) is 0 Å². The van der Waals surface area contributed by atoms with Gasteiger partial charge in [-0.05, 0) is 37.0 Å². The van der Waals surface area contributed by atoms with Gasteiger partial charge in [-0.2, -0.15) is 0 Å². The number of aryl methyl sites for hydroxylation is 1. The fraction of sp³-hybridized carbons (Fsp3) is 0.421. The van der Waals surface area contributed by atoms with Crippen LogP contribution >= 0.6 is 0 Å². The van der Waals surface area contributed by atoms with Gasteiger partial charge in [0.1, 0.15) is 0 Å². The van der Waals surface area contributed by atoms with Gasteiger partial charge in [0.15, 0.2) is 0 Å². The number of imide groups is 1. The summed E-state index contributed by atoms with van der Waals surface area (Å²) in [6.45, 7) is 2.23. The average Bonchev–Trinajstić information content (AvgIpc) is 2.85. The zero-order valence-corrected chi connectivity index (χ0v) is 13.8. The van der Waals surface area contributed by atoms with E-state index in [1.165, 1.54) is 10.5 Å². The predicted octanol–water partition coefficient (Wildman–Crippen LogP) is 2.53. The maximum absolute atomic E-state index is 12.3. The summed E-state index contributed by atoms with van der Waals surface area (Å²) in [4.78, 5) is 38.0. The van der Waals surface area contributed by atoms with Gasteiger partial charge in [-0.1, -0.05) is 31.2 Å². The zero-order valence-electron chi connectivity index (χ0n) is 13.8. The van der Waals surface area contributed by atoms with E-state index in [0.29, 0.717) is 12.8 Å². The first-order valence-corrected chi connectivity index (χ1v) is 8.49. The molecule has 2 aliphatic rings. The number of fused-ring (bicyclic) bond motifs is 1. The first kappa shape index (κ1) is 16.4. The molecule has 1 heterocycles. The van der Waals surface area contributed by atoms with Crippen LogP contribution in [0.2, 0.25) is 0 Å². The van der Waals surface area contributed by atoms with Crippen molar-refractivity contribution in [3.8, 4) is 0 Å². The van der Waals surface area contributed by atoms with E-state index in [9.17, 15) is 14.4 Å². The van der Waals surface area contributed by atoms with Crippen molar-refractivity contribution in [1.82, 2.24) is 4.90 Å². The number of nitrogens with zero attached hydrogens (tertiary/aromatic N) is 1. The second-order valence-electron chi connectivity index (χ2n) is 6.33. The highest BCUT2D eigenvalue weighted by Crippen LogP contribution is 2.34. The molecule has 126 valence electrons. The molecule has 0 bridgehead atoms. The minimum atomic E-state index is -0.229. The van der Waals surface area contributed by atoms with Crippen LogP contribution in [0.15, 0.2) is 36.4 Å². The van der Waals surface area contributed by atoms with Crippen LogP contribution in [-0.4, -0.2) is 29.2 Å². The van der Waals surface area contributed by atoms with Gasteiger partial charge in [0, 0.05) is 18.7 Å². The van der Waals surface area contributed by atoms with E-state index in [4.69, 9.17) is 0 Å². The molecule has 2 atom stereocenters. The van der Waals surface area contributed by atoms with E-state index in [1.54, 1.807) is 0 Å². The molecule has 1 aromatic carbocycles. The van der Waals surface area contributed by atoms with Crippen LogP contribution in [0.25, 0.3) is 0 Å². The number of amides is 3. The quantitative estimate of drug-likeness (QED) is 0.668. The van der Waals surface area contributed by atoms with E-state index in [0.717, 1.165) is 12.1 Å². The van der Waals surface area contributed by atoms with Gasteiger partial charge in [-0.25, -0.2) is 0 Å². The van der Waals surface area contributed by atoms with Crippen LogP contribution in [-0.2, 0) is 20.8 Å². The Morgan fingerprint density at radius 1 is 1.08 bits per heavy atom. The van der Waals surface area contributed by atoms with Crippen molar-refractivity contribution >= 4 is 23.4 Å². The lowest BCUT2D eigenvalue weighted by Gasteiger charge is -2.14. The maximum atomic E-state index is 12.3. The van der Waals surface area contributed by atoms with E-state index in [2.05, 4.69) is 12.2 Å². The standard InChI is InChI=1S/C19H22N2O3/c1-2-13-7-9-14(10-8-13)20-17(22)11-12-21-18(23)15-5-3-4-6-16(15)19(21)24/h3-4,7-10,15-16H,2,5-6,11-12H2,1H3,(H,20,22)/t15-,16+. The lowest BCUT2D eigenvalue weighted by molar-refractivity contribution is -0.140. The Labute approximate surface area is 141 Å². The highest BCUT2D eigenvalue weighted by atomic mass is 16.2.